The summed E-state index contributed by atoms with van der Waals surface area (Å²) in [5.41, 5.74) is 1.70. The fourth-order valence-corrected chi connectivity index (χ4v) is 2.39. The van der Waals surface area contributed by atoms with Gasteiger partial charge in [-0.15, -0.1) is 0 Å². The van der Waals surface area contributed by atoms with E-state index in [9.17, 15) is 9.59 Å². The summed E-state index contributed by atoms with van der Waals surface area (Å²) in [6.07, 6.45) is 0.756. The SMILES string of the molecule is CC(=O)c1cccc(OCC(=O)NCCCOC(C)c2ccccc2)c1. The van der Waals surface area contributed by atoms with Crippen molar-refractivity contribution in [3.63, 3.8) is 0 Å². The van der Waals surface area contributed by atoms with Crippen molar-refractivity contribution in [2.75, 3.05) is 19.8 Å². The lowest BCUT2D eigenvalue weighted by molar-refractivity contribution is -0.123. The Labute approximate surface area is 154 Å². The molecule has 1 unspecified atom stereocenters. The van der Waals surface area contributed by atoms with Gasteiger partial charge in [0, 0.05) is 18.7 Å². The molecule has 1 amide bonds. The zero-order valence-electron chi connectivity index (χ0n) is 15.2. The first-order chi connectivity index (χ1) is 12.6. The number of ether oxygens (including phenoxy) is 2. The Morgan fingerprint density at radius 3 is 2.58 bits per heavy atom. The third-order valence-electron chi connectivity index (χ3n) is 3.89. The van der Waals surface area contributed by atoms with Crippen molar-refractivity contribution in [2.24, 2.45) is 0 Å². The number of amides is 1. The Bertz CT molecular complexity index is 715. The highest BCUT2D eigenvalue weighted by Gasteiger charge is 2.06. The van der Waals surface area contributed by atoms with E-state index in [1.165, 1.54) is 6.92 Å². The van der Waals surface area contributed by atoms with E-state index in [-0.39, 0.29) is 24.4 Å². The van der Waals surface area contributed by atoms with Gasteiger partial charge in [-0.2, -0.15) is 0 Å². The molecule has 0 fully saturated rings. The quantitative estimate of drug-likeness (QED) is 0.523. The molecular weight excluding hydrogens is 330 g/mol. The van der Waals surface area contributed by atoms with Crippen molar-refractivity contribution in [3.05, 3.63) is 65.7 Å². The molecule has 26 heavy (non-hydrogen) atoms. The molecule has 0 aliphatic heterocycles. The van der Waals surface area contributed by atoms with Gasteiger partial charge in [0.2, 0.25) is 0 Å². The van der Waals surface area contributed by atoms with Crippen LogP contribution in [0.4, 0.5) is 0 Å². The number of Topliss-reactive ketones (excluding diaryl/α,β-unsaturated/α-hetero) is 1. The second-order valence-electron chi connectivity index (χ2n) is 6.00. The van der Waals surface area contributed by atoms with Gasteiger partial charge in [-0.05, 0) is 38.0 Å². The first kappa shape index (κ1) is 19.7. The van der Waals surface area contributed by atoms with Gasteiger partial charge in [-0.3, -0.25) is 9.59 Å². The summed E-state index contributed by atoms with van der Waals surface area (Å²) in [6.45, 7) is 4.52. The highest BCUT2D eigenvalue weighted by molar-refractivity contribution is 5.94. The van der Waals surface area contributed by atoms with Gasteiger partial charge in [0.05, 0.1) is 6.10 Å². The van der Waals surface area contributed by atoms with Crippen molar-refractivity contribution in [3.8, 4) is 5.75 Å². The molecule has 0 radical (unpaired) electrons. The molecule has 0 aliphatic rings. The normalized spacial score (nSPS) is 11.6. The maximum Gasteiger partial charge on any atom is 0.257 e. The van der Waals surface area contributed by atoms with Crippen molar-refractivity contribution < 1.29 is 19.1 Å². The van der Waals surface area contributed by atoms with Crippen LogP contribution in [0.25, 0.3) is 0 Å². The zero-order chi connectivity index (χ0) is 18.8. The molecule has 1 atom stereocenters. The van der Waals surface area contributed by atoms with Crippen LogP contribution in [0.1, 0.15) is 42.3 Å². The minimum absolute atomic E-state index is 0.0313. The second kappa shape index (κ2) is 10.4. The first-order valence-electron chi connectivity index (χ1n) is 8.73. The van der Waals surface area contributed by atoms with E-state index in [0.29, 0.717) is 24.5 Å². The van der Waals surface area contributed by atoms with E-state index >= 15 is 0 Å². The fraction of sp³-hybridized carbons (Fsp3) is 0.333. The Morgan fingerprint density at radius 1 is 1.08 bits per heavy atom. The molecule has 0 heterocycles. The highest BCUT2D eigenvalue weighted by Crippen LogP contribution is 2.16. The Kier molecular flexibility index (Phi) is 7.83. The van der Waals surface area contributed by atoms with Crippen molar-refractivity contribution in [1.82, 2.24) is 5.32 Å². The van der Waals surface area contributed by atoms with Crippen molar-refractivity contribution >= 4 is 11.7 Å². The van der Waals surface area contributed by atoms with Crippen LogP contribution in [0.2, 0.25) is 0 Å². The van der Waals surface area contributed by atoms with E-state index in [1.807, 2.05) is 37.3 Å². The van der Waals surface area contributed by atoms with E-state index in [1.54, 1.807) is 24.3 Å². The summed E-state index contributed by atoms with van der Waals surface area (Å²) < 4.78 is 11.2. The molecule has 5 nitrogen and oxygen atoms in total. The minimum Gasteiger partial charge on any atom is -0.484 e. The summed E-state index contributed by atoms with van der Waals surface area (Å²) in [5.74, 6) is 0.270. The van der Waals surface area contributed by atoms with Gasteiger partial charge in [0.25, 0.3) is 5.91 Å². The Hall–Kier alpha value is -2.66. The maximum absolute atomic E-state index is 11.8. The largest absolute Gasteiger partial charge is 0.484 e. The molecule has 0 spiro atoms. The smallest absolute Gasteiger partial charge is 0.257 e. The number of rotatable bonds is 10. The Balaban J connectivity index is 1.60. The third-order valence-corrected chi connectivity index (χ3v) is 3.89. The lowest BCUT2D eigenvalue weighted by atomic mass is 10.1. The fourth-order valence-electron chi connectivity index (χ4n) is 2.39. The highest BCUT2D eigenvalue weighted by atomic mass is 16.5. The van der Waals surface area contributed by atoms with Gasteiger partial charge in [-0.1, -0.05) is 42.5 Å². The molecule has 5 heteroatoms. The molecular formula is C21H25NO4. The number of ketones is 1. The van der Waals surface area contributed by atoms with Crippen molar-refractivity contribution in [2.45, 2.75) is 26.4 Å². The topological polar surface area (TPSA) is 64.6 Å². The molecule has 0 saturated carbocycles. The molecule has 2 aromatic carbocycles. The summed E-state index contributed by atoms with van der Waals surface area (Å²) in [7, 11) is 0. The number of carbonyl (C=O) groups is 2. The van der Waals surface area contributed by atoms with E-state index in [0.717, 1.165) is 12.0 Å². The lowest BCUT2D eigenvalue weighted by Crippen LogP contribution is -2.30. The van der Waals surface area contributed by atoms with Crippen LogP contribution < -0.4 is 10.1 Å². The number of carbonyl (C=O) groups excluding carboxylic acids is 2. The standard InChI is InChI=1S/C21H25NO4/c1-16(23)19-10-6-11-20(14-19)26-15-21(24)22-12-7-13-25-17(2)18-8-4-3-5-9-18/h3-6,8-11,14,17H,7,12-13,15H2,1-2H3,(H,22,24). The average Bonchev–Trinajstić information content (AvgIpc) is 2.66. The summed E-state index contributed by atoms with van der Waals surface area (Å²) >= 11 is 0. The first-order valence-corrected chi connectivity index (χ1v) is 8.73. The molecule has 2 aromatic rings. The van der Waals surface area contributed by atoms with E-state index in [4.69, 9.17) is 9.47 Å². The summed E-state index contributed by atoms with van der Waals surface area (Å²) in [4.78, 5) is 23.1. The van der Waals surface area contributed by atoms with Crippen LogP contribution >= 0.6 is 0 Å². The van der Waals surface area contributed by atoms with Crippen LogP contribution in [-0.4, -0.2) is 31.4 Å². The van der Waals surface area contributed by atoms with Crippen molar-refractivity contribution in [1.29, 1.82) is 0 Å². The van der Waals surface area contributed by atoms with Gasteiger partial charge in [0.1, 0.15) is 5.75 Å². The van der Waals surface area contributed by atoms with Gasteiger partial charge in [0.15, 0.2) is 12.4 Å². The number of hydrogen-bond acceptors (Lipinski definition) is 4. The van der Waals surface area contributed by atoms with Crippen LogP contribution in [0.5, 0.6) is 5.75 Å². The third kappa shape index (κ3) is 6.69. The number of nitrogens with one attached hydrogen (secondary N) is 1. The minimum atomic E-state index is -0.200. The predicted octanol–water partition coefficient (Wildman–Crippen LogP) is 3.55. The van der Waals surface area contributed by atoms with E-state index < -0.39 is 0 Å². The molecule has 138 valence electrons. The zero-order valence-corrected chi connectivity index (χ0v) is 15.2. The molecule has 1 N–H and O–H groups in total. The molecule has 0 saturated heterocycles. The van der Waals surface area contributed by atoms with Gasteiger partial charge < -0.3 is 14.8 Å². The van der Waals surface area contributed by atoms with E-state index in [2.05, 4.69) is 5.32 Å². The molecule has 0 aromatic heterocycles. The van der Waals surface area contributed by atoms with Gasteiger partial charge in [-0.25, -0.2) is 0 Å². The molecule has 2 rings (SSSR count). The lowest BCUT2D eigenvalue weighted by Gasteiger charge is -2.13. The number of benzene rings is 2. The number of hydrogen-bond donors (Lipinski definition) is 1. The average molecular weight is 355 g/mol. The summed E-state index contributed by atoms with van der Waals surface area (Å²) in [6, 6.07) is 16.8. The van der Waals surface area contributed by atoms with Crippen LogP contribution in [0.15, 0.2) is 54.6 Å². The van der Waals surface area contributed by atoms with Crippen LogP contribution in [0.3, 0.4) is 0 Å². The predicted molar refractivity (Wildman–Crippen MR) is 100 cm³/mol. The maximum atomic E-state index is 11.8. The van der Waals surface area contributed by atoms with Gasteiger partial charge >= 0.3 is 0 Å². The Morgan fingerprint density at radius 2 is 1.85 bits per heavy atom. The molecule has 0 aliphatic carbocycles. The summed E-state index contributed by atoms with van der Waals surface area (Å²) in [5, 5.41) is 2.79. The monoisotopic (exact) mass is 355 g/mol. The van der Waals surface area contributed by atoms with Crippen LogP contribution in [-0.2, 0) is 9.53 Å². The van der Waals surface area contributed by atoms with Crippen LogP contribution in [0, 0.1) is 0 Å². The molecule has 0 bridgehead atoms. The second-order valence-corrected chi connectivity index (χ2v) is 6.00.